The molecule has 0 aromatic rings. The number of carbonyl (C=O) groups excluding carboxylic acids is 1. The van der Waals surface area contributed by atoms with Crippen molar-refractivity contribution in [2.24, 2.45) is 16.6 Å². The Labute approximate surface area is 155 Å². The zero-order valence-electron chi connectivity index (χ0n) is 17.4. The molecule has 0 unspecified atom stereocenters. The van der Waals surface area contributed by atoms with E-state index in [1.54, 1.807) is 0 Å². The van der Waals surface area contributed by atoms with Crippen molar-refractivity contribution < 1.29 is 4.79 Å². The summed E-state index contributed by atoms with van der Waals surface area (Å²) in [4.78, 5) is 16.4. The van der Waals surface area contributed by atoms with Crippen LogP contribution in [0.25, 0.3) is 0 Å². The average Bonchev–Trinajstić information content (AvgIpc) is 2.46. The van der Waals surface area contributed by atoms with Crippen molar-refractivity contribution in [3.63, 3.8) is 0 Å². The van der Waals surface area contributed by atoms with Gasteiger partial charge in [-0.05, 0) is 36.8 Å². The molecule has 1 aliphatic rings. The number of piperazine rings is 1. The molecule has 25 heavy (non-hydrogen) atoms. The quantitative estimate of drug-likeness (QED) is 0.771. The van der Waals surface area contributed by atoms with E-state index in [1.165, 1.54) is 0 Å². The van der Waals surface area contributed by atoms with Gasteiger partial charge in [0.05, 0.1) is 6.07 Å². The number of hydrogen-bond acceptors (Lipinski definition) is 4. The molecule has 146 valence electrons. The second-order valence-corrected chi connectivity index (χ2v) is 9.32. The van der Waals surface area contributed by atoms with Gasteiger partial charge in [0.1, 0.15) is 0 Å². The van der Waals surface area contributed by atoms with Crippen LogP contribution in [-0.2, 0) is 4.79 Å². The molecular weight excluding hydrogens is 312 g/mol. The Morgan fingerprint density at radius 3 is 1.96 bits per heavy atom. The van der Waals surface area contributed by atoms with Gasteiger partial charge in [-0.3, -0.25) is 9.69 Å². The normalized spacial score (nSPS) is 16.0. The highest BCUT2D eigenvalue weighted by molar-refractivity contribution is 5.76. The van der Waals surface area contributed by atoms with Crippen LogP contribution in [0.4, 0.5) is 0 Å². The number of rotatable bonds is 5. The number of nitrogens with two attached hydrogens (primary N) is 1. The van der Waals surface area contributed by atoms with Crippen molar-refractivity contribution in [3.05, 3.63) is 0 Å². The molecule has 5 heteroatoms. The first-order chi connectivity index (χ1) is 11.5. The molecule has 0 saturated carbocycles. The first-order valence-electron chi connectivity index (χ1n) is 9.55. The maximum absolute atomic E-state index is 12.0. The second-order valence-electron chi connectivity index (χ2n) is 9.32. The van der Waals surface area contributed by atoms with Gasteiger partial charge in [-0.1, -0.05) is 41.5 Å². The van der Waals surface area contributed by atoms with E-state index in [-0.39, 0.29) is 11.3 Å². The summed E-state index contributed by atoms with van der Waals surface area (Å²) >= 11 is 0. The molecule has 1 amide bonds. The Kier molecular flexibility index (Phi) is 11.0. The van der Waals surface area contributed by atoms with Crippen LogP contribution in [0.15, 0.2) is 0 Å². The predicted octanol–water partition coefficient (Wildman–Crippen LogP) is 3.25. The minimum Gasteiger partial charge on any atom is -0.340 e. The van der Waals surface area contributed by atoms with Gasteiger partial charge in [0.2, 0.25) is 5.91 Å². The van der Waals surface area contributed by atoms with E-state index in [0.717, 1.165) is 52.1 Å². The fourth-order valence-corrected chi connectivity index (χ4v) is 2.60. The third kappa shape index (κ3) is 13.8. The molecule has 1 aliphatic heterocycles. The fraction of sp³-hybridized carbons (Fsp3) is 0.900. The van der Waals surface area contributed by atoms with Gasteiger partial charge in [-0.25, -0.2) is 0 Å². The van der Waals surface area contributed by atoms with E-state index < -0.39 is 0 Å². The van der Waals surface area contributed by atoms with Crippen molar-refractivity contribution in [1.29, 1.82) is 5.26 Å². The summed E-state index contributed by atoms with van der Waals surface area (Å²) in [6.07, 6.45) is 3.31. The van der Waals surface area contributed by atoms with Crippen LogP contribution in [0, 0.1) is 22.2 Å². The summed E-state index contributed by atoms with van der Waals surface area (Å²) in [5, 5.41) is 8.50. The third-order valence-corrected chi connectivity index (χ3v) is 4.06. The summed E-state index contributed by atoms with van der Waals surface area (Å²) in [5.74, 6) is 0.277. The zero-order valence-corrected chi connectivity index (χ0v) is 17.4. The third-order valence-electron chi connectivity index (χ3n) is 4.06. The van der Waals surface area contributed by atoms with Crippen LogP contribution >= 0.6 is 0 Å². The lowest BCUT2D eigenvalue weighted by Crippen LogP contribution is -2.49. The van der Waals surface area contributed by atoms with E-state index in [1.807, 2.05) is 4.90 Å². The van der Waals surface area contributed by atoms with E-state index in [0.29, 0.717) is 18.3 Å². The molecule has 0 aromatic heterocycles. The SMILES string of the molecule is CC(C)(C)CC(=O)N1CCN(CCCC#N)CC1.CC(C)(C)CCN. The van der Waals surface area contributed by atoms with Crippen LogP contribution < -0.4 is 5.73 Å². The minimum absolute atomic E-state index is 0.0704. The van der Waals surface area contributed by atoms with Gasteiger partial charge >= 0.3 is 0 Å². The van der Waals surface area contributed by atoms with E-state index in [2.05, 4.69) is 52.5 Å². The van der Waals surface area contributed by atoms with E-state index >= 15 is 0 Å². The van der Waals surface area contributed by atoms with Crippen LogP contribution in [0.5, 0.6) is 0 Å². The highest BCUT2D eigenvalue weighted by Gasteiger charge is 2.24. The number of amides is 1. The van der Waals surface area contributed by atoms with Crippen LogP contribution in [-0.4, -0.2) is 55.0 Å². The summed E-state index contributed by atoms with van der Waals surface area (Å²) in [6, 6.07) is 2.17. The van der Waals surface area contributed by atoms with Crippen molar-refractivity contribution in [1.82, 2.24) is 9.80 Å². The molecule has 0 atom stereocenters. The molecule has 1 saturated heterocycles. The van der Waals surface area contributed by atoms with Crippen molar-refractivity contribution in [2.45, 2.75) is 67.2 Å². The van der Waals surface area contributed by atoms with E-state index in [9.17, 15) is 4.79 Å². The maximum atomic E-state index is 12.0. The molecule has 0 radical (unpaired) electrons. The number of nitriles is 1. The average molecular weight is 353 g/mol. The molecular formula is C20H40N4O. The Bertz CT molecular complexity index is 407. The number of nitrogens with zero attached hydrogens (tertiary/aromatic N) is 3. The second kappa shape index (κ2) is 11.5. The molecule has 1 heterocycles. The molecule has 0 aliphatic carbocycles. The Balaban J connectivity index is 0.000000697. The molecule has 0 bridgehead atoms. The standard InChI is InChI=1S/C14H25N3O.C6H15N/c1-14(2,3)12-13(18)17-10-8-16(9-11-17)7-5-4-6-15;1-6(2,3)4-5-7/h4-5,7-12H2,1-3H3;4-5,7H2,1-3H3. The Morgan fingerprint density at radius 1 is 1.04 bits per heavy atom. The smallest absolute Gasteiger partial charge is 0.223 e. The fourth-order valence-electron chi connectivity index (χ4n) is 2.60. The molecule has 5 nitrogen and oxygen atoms in total. The molecule has 0 spiro atoms. The van der Waals surface area contributed by atoms with Crippen LogP contribution in [0.2, 0.25) is 0 Å². The van der Waals surface area contributed by atoms with Crippen LogP contribution in [0.1, 0.15) is 67.2 Å². The first kappa shape index (κ1) is 23.9. The Morgan fingerprint density at radius 2 is 1.60 bits per heavy atom. The molecule has 1 rings (SSSR count). The lowest BCUT2D eigenvalue weighted by Gasteiger charge is -2.35. The predicted molar refractivity (Wildman–Crippen MR) is 105 cm³/mol. The van der Waals surface area contributed by atoms with E-state index in [4.69, 9.17) is 11.0 Å². The highest BCUT2D eigenvalue weighted by atomic mass is 16.2. The summed E-state index contributed by atoms with van der Waals surface area (Å²) in [7, 11) is 0. The molecule has 2 N–H and O–H groups in total. The van der Waals surface area contributed by atoms with Gasteiger partial charge in [-0.2, -0.15) is 5.26 Å². The Hall–Kier alpha value is -1.12. The molecule has 1 fully saturated rings. The lowest BCUT2D eigenvalue weighted by molar-refractivity contribution is -0.134. The van der Waals surface area contributed by atoms with Gasteiger partial charge < -0.3 is 10.6 Å². The first-order valence-corrected chi connectivity index (χ1v) is 9.55. The van der Waals surface area contributed by atoms with Gasteiger partial charge in [0, 0.05) is 39.0 Å². The summed E-state index contributed by atoms with van der Waals surface area (Å²) in [5.41, 5.74) is 5.81. The van der Waals surface area contributed by atoms with Crippen LogP contribution in [0.3, 0.4) is 0 Å². The highest BCUT2D eigenvalue weighted by Crippen LogP contribution is 2.20. The zero-order chi connectivity index (χ0) is 19.5. The summed E-state index contributed by atoms with van der Waals surface area (Å²) in [6.45, 7) is 18.2. The monoisotopic (exact) mass is 352 g/mol. The van der Waals surface area contributed by atoms with Gasteiger partial charge in [-0.15, -0.1) is 0 Å². The summed E-state index contributed by atoms with van der Waals surface area (Å²) < 4.78 is 0. The minimum atomic E-state index is 0.0704. The molecule has 0 aromatic carbocycles. The largest absolute Gasteiger partial charge is 0.340 e. The van der Waals surface area contributed by atoms with Gasteiger partial charge in [0.25, 0.3) is 0 Å². The maximum Gasteiger partial charge on any atom is 0.223 e. The number of unbranched alkanes of at least 4 members (excludes halogenated alkanes) is 1. The number of carbonyl (C=O) groups is 1. The lowest BCUT2D eigenvalue weighted by atomic mass is 9.91. The van der Waals surface area contributed by atoms with Crippen molar-refractivity contribution in [2.75, 3.05) is 39.3 Å². The van der Waals surface area contributed by atoms with Crippen molar-refractivity contribution >= 4 is 5.91 Å². The van der Waals surface area contributed by atoms with Crippen molar-refractivity contribution in [3.8, 4) is 6.07 Å². The topological polar surface area (TPSA) is 73.4 Å². The number of hydrogen-bond donors (Lipinski definition) is 1. The van der Waals surface area contributed by atoms with Gasteiger partial charge in [0.15, 0.2) is 0 Å².